The van der Waals surface area contributed by atoms with Gasteiger partial charge in [-0.3, -0.25) is 9.78 Å². The average molecular weight is 282 g/mol. The Morgan fingerprint density at radius 2 is 2.33 bits per heavy atom. The highest BCUT2D eigenvalue weighted by molar-refractivity contribution is 8.01. The summed E-state index contributed by atoms with van der Waals surface area (Å²) in [4.78, 5) is 14.6. The maximum atomic E-state index is 10.4. The van der Waals surface area contributed by atoms with Crippen molar-refractivity contribution in [2.75, 3.05) is 11.1 Å². The number of pyridine rings is 1. The van der Waals surface area contributed by atoms with Gasteiger partial charge in [0.1, 0.15) is 0 Å². The number of rotatable bonds is 6. The molecule has 0 unspecified atom stereocenters. The zero-order valence-corrected chi connectivity index (χ0v) is 10.9. The van der Waals surface area contributed by atoms with Gasteiger partial charge in [0.2, 0.25) is 5.13 Å². The van der Waals surface area contributed by atoms with Crippen molar-refractivity contribution in [2.45, 2.75) is 10.9 Å². The zero-order chi connectivity index (χ0) is 12.8. The van der Waals surface area contributed by atoms with Crippen LogP contribution in [0.4, 0.5) is 5.13 Å². The largest absolute Gasteiger partial charge is 0.481 e. The quantitative estimate of drug-likeness (QED) is 0.780. The molecule has 18 heavy (non-hydrogen) atoms. The predicted molar refractivity (Wildman–Crippen MR) is 69.8 cm³/mol. The fraction of sp³-hybridized carbons (Fsp3) is 0.200. The van der Waals surface area contributed by atoms with Crippen LogP contribution in [0.5, 0.6) is 0 Å². The van der Waals surface area contributed by atoms with E-state index in [1.54, 1.807) is 6.20 Å². The molecule has 8 heteroatoms. The molecule has 0 amide bonds. The highest BCUT2D eigenvalue weighted by Crippen LogP contribution is 2.25. The summed E-state index contributed by atoms with van der Waals surface area (Å²) < 4.78 is 0.640. The number of carboxylic acid groups (broad SMARTS) is 1. The van der Waals surface area contributed by atoms with Crippen LogP contribution in [0.1, 0.15) is 5.69 Å². The molecule has 0 fully saturated rings. The summed E-state index contributed by atoms with van der Waals surface area (Å²) in [6.07, 6.45) is 1.73. The Balaban J connectivity index is 1.85. The Morgan fingerprint density at radius 1 is 1.44 bits per heavy atom. The van der Waals surface area contributed by atoms with E-state index in [0.29, 0.717) is 16.0 Å². The Hall–Kier alpha value is -1.67. The van der Waals surface area contributed by atoms with Gasteiger partial charge in [0.15, 0.2) is 4.34 Å². The van der Waals surface area contributed by atoms with Crippen LogP contribution < -0.4 is 5.32 Å². The number of aliphatic carboxylic acids is 1. The predicted octanol–water partition coefficient (Wildman–Crippen LogP) is 1.72. The summed E-state index contributed by atoms with van der Waals surface area (Å²) in [5, 5.41) is 20.1. The van der Waals surface area contributed by atoms with Gasteiger partial charge in [0, 0.05) is 6.20 Å². The number of carboxylic acids is 1. The standard InChI is InChI=1S/C10H10N4O2S2/c15-8(16)6-17-10-14-13-9(18-10)12-5-7-3-1-2-4-11-7/h1-4H,5-6H2,(H,12,13)(H,15,16). The Labute approximate surface area is 111 Å². The first-order chi connectivity index (χ1) is 8.74. The van der Waals surface area contributed by atoms with Crippen LogP contribution in [0.2, 0.25) is 0 Å². The first-order valence-corrected chi connectivity index (χ1v) is 6.86. The minimum absolute atomic E-state index is 0.00509. The van der Waals surface area contributed by atoms with Crippen molar-refractivity contribution in [3.8, 4) is 0 Å². The van der Waals surface area contributed by atoms with Gasteiger partial charge in [-0.15, -0.1) is 10.2 Å². The number of hydrogen-bond donors (Lipinski definition) is 2. The molecular formula is C10H10N4O2S2. The van der Waals surface area contributed by atoms with E-state index in [4.69, 9.17) is 5.11 Å². The van der Waals surface area contributed by atoms with E-state index in [1.807, 2.05) is 18.2 Å². The molecule has 0 aromatic carbocycles. The van der Waals surface area contributed by atoms with Crippen molar-refractivity contribution >= 4 is 34.2 Å². The second kappa shape index (κ2) is 6.31. The highest BCUT2D eigenvalue weighted by Gasteiger charge is 2.06. The lowest BCUT2D eigenvalue weighted by Crippen LogP contribution is -2.00. The number of anilines is 1. The van der Waals surface area contributed by atoms with E-state index in [9.17, 15) is 4.79 Å². The molecule has 0 aliphatic rings. The van der Waals surface area contributed by atoms with E-state index in [-0.39, 0.29) is 5.75 Å². The van der Waals surface area contributed by atoms with Crippen LogP contribution in [0.25, 0.3) is 0 Å². The topological polar surface area (TPSA) is 88.0 Å². The van der Waals surface area contributed by atoms with E-state index < -0.39 is 5.97 Å². The van der Waals surface area contributed by atoms with Crippen LogP contribution in [-0.4, -0.2) is 32.0 Å². The molecule has 0 atom stereocenters. The third-order valence-corrected chi connectivity index (χ3v) is 3.87. The lowest BCUT2D eigenvalue weighted by Gasteiger charge is -1.99. The van der Waals surface area contributed by atoms with Crippen molar-refractivity contribution in [1.82, 2.24) is 15.2 Å². The lowest BCUT2D eigenvalue weighted by atomic mass is 10.3. The molecule has 2 aromatic rings. The molecule has 0 radical (unpaired) electrons. The van der Waals surface area contributed by atoms with E-state index in [2.05, 4.69) is 20.5 Å². The first-order valence-electron chi connectivity index (χ1n) is 5.06. The van der Waals surface area contributed by atoms with Crippen molar-refractivity contribution in [1.29, 1.82) is 0 Å². The van der Waals surface area contributed by atoms with Gasteiger partial charge in [0.25, 0.3) is 0 Å². The SMILES string of the molecule is O=C(O)CSc1nnc(NCc2ccccn2)s1. The molecule has 2 rings (SSSR count). The Kier molecular flexibility index (Phi) is 4.48. The van der Waals surface area contributed by atoms with Gasteiger partial charge in [-0.05, 0) is 12.1 Å². The molecule has 6 nitrogen and oxygen atoms in total. The summed E-state index contributed by atoms with van der Waals surface area (Å²) in [5.74, 6) is -0.868. The maximum absolute atomic E-state index is 10.4. The molecule has 2 aromatic heterocycles. The van der Waals surface area contributed by atoms with Crippen LogP contribution in [0.15, 0.2) is 28.7 Å². The Morgan fingerprint density at radius 3 is 3.06 bits per heavy atom. The normalized spacial score (nSPS) is 10.2. The second-order valence-electron chi connectivity index (χ2n) is 3.23. The fourth-order valence-corrected chi connectivity index (χ4v) is 2.60. The van der Waals surface area contributed by atoms with Gasteiger partial charge < -0.3 is 10.4 Å². The highest BCUT2D eigenvalue weighted by atomic mass is 32.2. The summed E-state index contributed by atoms with van der Waals surface area (Å²) in [7, 11) is 0. The second-order valence-corrected chi connectivity index (χ2v) is 5.43. The number of aromatic nitrogens is 3. The van der Waals surface area contributed by atoms with E-state index in [0.717, 1.165) is 17.5 Å². The Bertz CT molecular complexity index is 518. The summed E-state index contributed by atoms with van der Waals surface area (Å²) >= 11 is 2.49. The maximum Gasteiger partial charge on any atom is 0.313 e. The lowest BCUT2D eigenvalue weighted by molar-refractivity contribution is -0.133. The van der Waals surface area contributed by atoms with E-state index >= 15 is 0 Å². The first kappa shape index (κ1) is 12.8. The van der Waals surface area contributed by atoms with Gasteiger partial charge in [-0.25, -0.2) is 0 Å². The zero-order valence-electron chi connectivity index (χ0n) is 9.24. The summed E-state index contributed by atoms with van der Waals surface area (Å²) in [5.41, 5.74) is 0.910. The molecule has 0 aliphatic carbocycles. The number of carbonyl (C=O) groups is 1. The molecule has 0 aliphatic heterocycles. The van der Waals surface area contributed by atoms with Crippen molar-refractivity contribution in [3.05, 3.63) is 30.1 Å². The van der Waals surface area contributed by atoms with Crippen molar-refractivity contribution in [3.63, 3.8) is 0 Å². The molecular weight excluding hydrogens is 272 g/mol. The number of thioether (sulfide) groups is 1. The van der Waals surface area contributed by atoms with Crippen LogP contribution in [0, 0.1) is 0 Å². The molecule has 0 spiro atoms. The summed E-state index contributed by atoms with van der Waals surface area (Å²) in [6.45, 7) is 0.569. The third kappa shape index (κ3) is 3.97. The van der Waals surface area contributed by atoms with Crippen LogP contribution >= 0.6 is 23.1 Å². The van der Waals surface area contributed by atoms with Crippen LogP contribution in [-0.2, 0) is 11.3 Å². The van der Waals surface area contributed by atoms with Gasteiger partial charge in [0.05, 0.1) is 18.0 Å². The molecule has 0 saturated heterocycles. The van der Waals surface area contributed by atoms with Crippen molar-refractivity contribution in [2.24, 2.45) is 0 Å². The number of hydrogen-bond acceptors (Lipinski definition) is 7. The van der Waals surface area contributed by atoms with Crippen molar-refractivity contribution < 1.29 is 9.90 Å². The average Bonchev–Trinajstić information content (AvgIpc) is 2.83. The van der Waals surface area contributed by atoms with Gasteiger partial charge in [-0.1, -0.05) is 29.2 Å². The molecule has 0 saturated carbocycles. The number of nitrogens with zero attached hydrogens (tertiary/aromatic N) is 3. The summed E-state index contributed by atoms with van der Waals surface area (Å²) in [6, 6.07) is 5.68. The third-order valence-electron chi connectivity index (χ3n) is 1.87. The monoisotopic (exact) mass is 282 g/mol. The molecule has 94 valence electrons. The molecule has 2 N–H and O–H groups in total. The fourth-order valence-electron chi connectivity index (χ4n) is 1.13. The minimum atomic E-state index is -0.863. The smallest absolute Gasteiger partial charge is 0.313 e. The van der Waals surface area contributed by atoms with Crippen LogP contribution in [0.3, 0.4) is 0 Å². The minimum Gasteiger partial charge on any atom is -0.481 e. The number of nitrogens with one attached hydrogen (secondary N) is 1. The van der Waals surface area contributed by atoms with Gasteiger partial charge in [-0.2, -0.15) is 0 Å². The van der Waals surface area contributed by atoms with Gasteiger partial charge >= 0.3 is 5.97 Å². The molecule has 2 heterocycles. The molecule has 0 bridgehead atoms. The van der Waals surface area contributed by atoms with E-state index in [1.165, 1.54) is 11.3 Å².